The number of amides is 1. The molecule has 1 amide bonds. The van der Waals surface area contributed by atoms with Gasteiger partial charge in [-0.25, -0.2) is 8.42 Å². The molecule has 0 radical (unpaired) electrons. The number of nitrogens with one attached hydrogen (secondary N) is 2. The van der Waals surface area contributed by atoms with Gasteiger partial charge in [0.2, 0.25) is 5.91 Å². The number of piperidine rings is 1. The number of sulfonamides is 1. The van der Waals surface area contributed by atoms with Gasteiger partial charge in [0.05, 0.1) is 10.8 Å². The van der Waals surface area contributed by atoms with Crippen LogP contribution in [0.25, 0.3) is 0 Å². The number of anilines is 2. The van der Waals surface area contributed by atoms with E-state index in [4.69, 9.17) is 0 Å². The Bertz CT molecular complexity index is 1120. The van der Waals surface area contributed by atoms with Crippen LogP contribution >= 0.6 is 0 Å². The molecule has 0 spiro atoms. The molecule has 0 aromatic heterocycles. The van der Waals surface area contributed by atoms with Crippen LogP contribution in [0.5, 0.6) is 0 Å². The monoisotopic (exact) mass is 466 g/mol. The molecule has 0 saturated carbocycles. The molecular weight excluding hydrogens is 440 g/mol. The third-order valence-electron chi connectivity index (χ3n) is 5.00. The van der Waals surface area contributed by atoms with Crippen molar-refractivity contribution in [2.75, 3.05) is 37.2 Å². The number of benzene rings is 2. The van der Waals surface area contributed by atoms with E-state index in [9.17, 15) is 21.6 Å². The highest BCUT2D eigenvalue weighted by Crippen LogP contribution is 2.23. The Morgan fingerprint density at radius 3 is 2.23 bits per heavy atom. The second-order valence-corrected chi connectivity index (χ2v) is 11.3. The fourth-order valence-electron chi connectivity index (χ4n) is 3.28. The van der Waals surface area contributed by atoms with Crippen molar-refractivity contribution >= 4 is 37.5 Å². The van der Waals surface area contributed by atoms with Crippen molar-refractivity contribution in [1.82, 2.24) is 8.61 Å². The van der Waals surface area contributed by atoms with Crippen molar-refractivity contribution in [2.24, 2.45) is 5.92 Å². The summed E-state index contributed by atoms with van der Waals surface area (Å²) >= 11 is 0. The zero-order valence-corrected chi connectivity index (χ0v) is 19.0. The molecule has 1 saturated heterocycles. The summed E-state index contributed by atoms with van der Waals surface area (Å²) in [6, 6.07) is 14.4. The molecule has 31 heavy (non-hydrogen) atoms. The first-order valence-electron chi connectivity index (χ1n) is 9.76. The van der Waals surface area contributed by atoms with Gasteiger partial charge in [-0.2, -0.15) is 17.0 Å². The third-order valence-corrected chi connectivity index (χ3v) is 8.31. The highest BCUT2D eigenvalue weighted by atomic mass is 32.2. The Kier molecular flexibility index (Phi) is 6.99. The van der Waals surface area contributed by atoms with Crippen LogP contribution in [0.3, 0.4) is 0 Å². The second kappa shape index (κ2) is 9.35. The van der Waals surface area contributed by atoms with Crippen LogP contribution in [0.1, 0.15) is 12.8 Å². The number of hydrogen-bond donors (Lipinski definition) is 2. The first-order valence-corrected chi connectivity index (χ1v) is 12.6. The summed E-state index contributed by atoms with van der Waals surface area (Å²) in [6.45, 7) is 0.491. The van der Waals surface area contributed by atoms with Crippen LogP contribution in [-0.4, -0.2) is 58.5 Å². The minimum Gasteiger partial charge on any atom is -0.326 e. The van der Waals surface area contributed by atoms with Gasteiger partial charge in [-0.3, -0.25) is 9.52 Å². The topological polar surface area (TPSA) is 116 Å². The fourth-order valence-corrected chi connectivity index (χ4v) is 5.53. The molecule has 1 heterocycles. The molecule has 0 aliphatic carbocycles. The number of para-hydroxylation sites is 1. The minimum absolute atomic E-state index is 0.0651. The maximum absolute atomic E-state index is 12.7. The Balaban J connectivity index is 1.65. The normalized spacial score (nSPS) is 18.0. The number of carbonyl (C=O) groups is 1. The third kappa shape index (κ3) is 5.62. The smallest absolute Gasteiger partial charge is 0.281 e. The van der Waals surface area contributed by atoms with Crippen LogP contribution in [0.2, 0.25) is 0 Å². The van der Waals surface area contributed by atoms with Crippen LogP contribution in [0, 0.1) is 5.92 Å². The van der Waals surface area contributed by atoms with Crippen LogP contribution in [0.15, 0.2) is 59.5 Å². The highest BCUT2D eigenvalue weighted by Gasteiger charge is 2.33. The minimum atomic E-state index is -3.75. The summed E-state index contributed by atoms with van der Waals surface area (Å²) in [5.74, 6) is -0.775. The maximum atomic E-state index is 12.7. The van der Waals surface area contributed by atoms with E-state index in [1.54, 1.807) is 30.3 Å². The Hall–Kier alpha value is -2.47. The Labute approximate surface area is 183 Å². The summed E-state index contributed by atoms with van der Waals surface area (Å²) < 4.78 is 54.6. The maximum Gasteiger partial charge on any atom is 0.281 e. The van der Waals surface area contributed by atoms with Crippen molar-refractivity contribution in [3.63, 3.8) is 0 Å². The van der Waals surface area contributed by atoms with Crippen LogP contribution in [0.4, 0.5) is 11.4 Å². The molecule has 2 aromatic rings. The predicted octanol–water partition coefficient (Wildman–Crippen LogP) is 1.94. The van der Waals surface area contributed by atoms with Crippen molar-refractivity contribution in [3.8, 4) is 0 Å². The standard InChI is InChI=1S/C20H26N4O5S2/c1-23(2)31(28,29)24-14-6-7-16(15-24)20(25)21-17-10-12-19(13-11-17)30(26,27)22-18-8-4-3-5-9-18/h3-5,8-13,16,22H,6-7,14-15H2,1-2H3,(H,21,25). The molecule has 11 heteroatoms. The number of carbonyl (C=O) groups excluding carboxylic acids is 1. The summed E-state index contributed by atoms with van der Waals surface area (Å²) in [6.07, 6.45) is 1.17. The number of rotatable bonds is 7. The van der Waals surface area contributed by atoms with Gasteiger partial charge < -0.3 is 5.32 Å². The van der Waals surface area contributed by atoms with E-state index in [0.29, 0.717) is 30.8 Å². The molecule has 168 valence electrons. The van der Waals surface area contributed by atoms with Gasteiger partial charge in [-0.05, 0) is 49.2 Å². The molecule has 3 rings (SSSR count). The van der Waals surface area contributed by atoms with Gasteiger partial charge in [0.1, 0.15) is 0 Å². The zero-order chi connectivity index (χ0) is 22.6. The number of nitrogens with zero attached hydrogens (tertiary/aromatic N) is 2. The second-order valence-electron chi connectivity index (χ2n) is 7.47. The summed E-state index contributed by atoms with van der Waals surface area (Å²) in [5, 5.41) is 2.75. The number of hydrogen-bond acceptors (Lipinski definition) is 5. The molecule has 1 atom stereocenters. The average Bonchev–Trinajstić information content (AvgIpc) is 2.74. The molecule has 0 bridgehead atoms. The van der Waals surface area contributed by atoms with Gasteiger partial charge in [0, 0.05) is 38.6 Å². The molecule has 1 aliphatic heterocycles. The van der Waals surface area contributed by atoms with Gasteiger partial charge in [-0.15, -0.1) is 0 Å². The van der Waals surface area contributed by atoms with E-state index in [-0.39, 0.29) is 17.3 Å². The zero-order valence-electron chi connectivity index (χ0n) is 17.4. The van der Waals surface area contributed by atoms with E-state index in [1.165, 1.54) is 42.7 Å². The lowest BCUT2D eigenvalue weighted by atomic mass is 9.99. The summed E-state index contributed by atoms with van der Waals surface area (Å²) in [4.78, 5) is 12.7. The van der Waals surface area contributed by atoms with Crippen LogP contribution in [-0.2, 0) is 25.0 Å². The first-order chi connectivity index (χ1) is 14.6. The lowest BCUT2D eigenvalue weighted by Crippen LogP contribution is -2.47. The Morgan fingerprint density at radius 1 is 0.968 bits per heavy atom. The summed E-state index contributed by atoms with van der Waals surface area (Å²) in [7, 11) is -4.41. The van der Waals surface area contributed by atoms with E-state index in [2.05, 4.69) is 10.0 Å². The van der Waals surface area contributed by atoms with Gasteiger partial charge >= 0.3 is 0 Å². The average molecular weight is 467 g/mol. The van der Waals surface area contributed by atoms with Crippen molar-refractivity contribution in [3.05, 3.63) is 54.6 Å². The lowest BCUT2D eigenvalue weighted by molar-refractivity contribution is -0.120. The largest absolute Gasteiger partial charge is 0.326 e. The lowest BCUT2D eigenvalue weighted by Gasteiger charge is -2.32. The van der Waals surface area contributed by atoms with Crippen LogP contribution < -0.4 is 10.0 Å². The van der Waals surface area contributed by atoms with E-state index in [1.807, 2.05) is 0 Å². The van der Waals surface area contributed by atoms with E-state index in [0.717, 1.165) is 4.31 Å². The fraction of sp³-hybridized carbons (Fsp3) is 0.350. The predicted molar refractivity (Wildman–Crippen MR) is 119 cm³/mol. The van der Waals surface area contributed by atoms with Crippen molar-refractivity contribution in [2.45, 2.75) is 17.7 Å². The molecule has 1 unspecified atom stereocenters. The van der Waals surface area contributed by atoms with Gasteiger partial charge in [-0.1, -0.05) is 18.2 Å². The van der Waals surface area contributed by atoms with E-state index < -0.39 is 26.2 Å². The molecule has 2 N–H and O–H groups in total. The molecule has 9 nitrogen and oxygen atoms in total. The van der Waals surface area contributed by atoms with Crippen molar-refractivity contribution in [1.29, 1.82) is 0 Å². The van der Waals surface area contributed by atoms with Crippen molar-refractivity contribution < 1.29 is 21.6 Å². The molecule has 1 fully saturated rings. The van der Waals surface area contributed by atoms with Gasteiger partial charge in [0.15, 0.2) is 0 Å². The summed E-state index contributed by atoms with van der Waals surface area (Å²) in [5.41, 5.74) is 0.894. The molecular formula is C20H26N4O5S2. The van der Waals surface area contributed by atoms with E-state index >= 15 is 0 Å². The first kappa shape index (κ1) is 23.2. The Morgan fingerprint density at radius 2 is 1.61 bits per heavy atom. The molecule has 1 aliphatic rings. The quantitative estimate of drug-likeness (QED) is 0.647. The SMILES string of the molecule is CN(C)S(=O)(=O)N1CCCC(C(=O)Nc2ccc(S(=O)(=O)Nc3ccccc3)cc2)C1. The highest BCUT2D eigenvalue weighted by molar-refractivity contribution is 7.92. The van der Waals surface area contributed by atoms with Gasteiger partial charge in [0.25, 0.3) is 20.2 Å². The molecule has 2 aromatic carbocycles.